The van der Waals surface area contributed by atoms with E-state index >= 15 is 0 Å². The maximum Gasteiger partial charge on any atom is 0.247 e. The Balaban J connectivity index is 1.55. The molecule has 2 unspecified atom stereocenters. The Morgan fingerprint density at radius 1 is 1.06 bits per heavy atom. The molecule has 2 aromatic carbocycles. The number of carbonyl (C=O) groups excluding carboxylic acids is 3. The lowest BCUT2D eigenvalue weighted by Gasteiger charge is -2.32. The van der Waals surface area contributed by atoms with E-state index in [0.29, 0.717) is 36.0 Å². The van der Waals surface area contributed by atoms with E-state index < -0.39 is 6.04 Å². The maximum atomic E-state index is 13.6. The molecule has 9 nitrogen and oxygen atoms in total. The lowest BCUT2D eigenvalue weighted by Crippen LogP contribution is -2.45. The topological polar surface area (TPSA) is 114 Å². The summed E-state index contributed by atoms with van der Waals surface area (Å²) in [5.41, 5.74) is 1.23. The molecular formula is C27H30N4O5. The Morgan fingerprint density at radius 3 is 2.42 bits per heavy atom. The molecule has 2 heterocycles. The summed E-state index contributed by atoms with van der Waals surface area (Å²) in [7, 11) is 0. The zero-order chi connectivity index (χ0) is 25.3. The molecule has 2 atom stereocenters. The molecule has 4 rings (SSSR count). The number of nitrogens with one attached hydrogen (secondary N) is 2. The number of hydrogen-bond acceptors (Lipinski definition) is 6. The molecule has 0 spiro atoms. The zero-order valence-corrected chi connectivity index (χ0v) is 20.2. The normalized spacial score (nSPS) is 15.8. The molecule has 188 valence electrons. The summed E-state index contributed by atoms with van der Waals surface area (Å²) in [4.78, 5) is 41.1. The van der Waals surface area contributed by atoms with Gasteiger partial charge in [-0.15, -0.1) is 0 Å². The molecule has 3 aromatic rings. The molecule has 0 aliphatic carbocycles. The van der Waals surface area contributed by atoms with Gasteiger partial charge in [-0.25, -0.2) is 0 Å². The molecule has 1 aromatic heterocycles. The van der Waals surface area contributed by atoms with E-state index in [1.54, 1.807) is 25.1 Å². The molecule has 1 aliphatic heterocycles. The minimum Gasteiger partial charge on any atom is -0.376 e. The summed E-state index contributed by atoms with van der Waals surface area (Å²) in [5, 5.41) is 9.34. The van der Waals surface area contributed by atoms with Gasteiger partial charge in [0.15, 0.2) is 5.82 Å². The fraction of sp³-hybridized carbons (Fsp3) is 0.333. The number of benzene rings is 2. The second kappa shape index (κ2) is 12.1. The predicted octanol–water partition coefficient (Wildman–Crippen LogP) is 3.77. The standard InChI is InChI=1S/C27H30N4O5/c1-19-17-23(30-36-19)29-24(32)14-15-25(33)31(21-11-6-3-7-12-21)26(20-9-4-2-5-10-20)27(34)28-18-22-13-8-16-35-22/h2-7,9-12,17,22,26H,8,13-16,18H2,1H3,(H,28,34)(H,29,30,32). The first-order chi connectivity index (χ1) is 17.5. The molecule has 0 saturated carbocycles. The van der Waals surface area contributed by atoms with Crippen LogP contribution in [0.3, 0.4) is 0 Å². The van der Waals surface area contributed by atoms with Crippen LogP contribution in [0.4, 0.5) is 11.5 Å². The highest BCUT2D eigenvalue weighted by molar-refractivity contribution is 6.03. The van der Waals surface area contributed by atoms with Crippen LogP contribution in [0.1, 0.15) is 43.0 Å². The van der Waals surface area contributed by atoms with Gasteiger partial charge in [-0.3, -0.25) is 19.3 Å². The number of nitrogens with zero attached hydrogens (tertiary/aromatic N) is 2. The molecule has 0 radical (unpaired) electrons. The molecular weight excluding hydrogens is 460 g/mol. The van der Waals surface area contributed by atoms with E-state index in [2.05, 4.69) is 15.8 Å². The average Bonchev–Trinajstić information content (AvgIpc) is 3.57. The average molecular weight is 491 g/mol. The molecule has 0 bridgehead atoms. The van der Waals surface area contributed by atoms with Crippen molar-refractivity contribution in [1.29, 1.82) is 0 Å². The van der Waals surface area contributed by atoms with Crippen LogP contribution in [0.5, 0.6) is 0 Å². The van der Waals surface area contributed by atoms with Crippen LogP contribution in [-0.2, 0) is 19.1 Å². The van der Waals surface area contributed by atoms with Gasteiger partial charge in [-0.1, -0.05) is 53.7 Å². The molecule has 2 N–H and O–H groups in total. The van der Waals surface area contributed by atoms with Crippen molar-refractivity contribution in [2.45, 2.75) is 44.8 Å². The third kappa shape index (κ3) is 6.57. The highest BCUT2D eigenvalue weighted by atomic mass is 16.5. The van der Waals surface area contributed by atoms with Gasteiger partial charge >= 0.3 is 0 Å². The Hall–Kier alpha value is -3.98. The van der Waals surface area contributed by atoms with Crippen molar-refractivity contribution in [1.82, 2.24) is 10.5 Å². The number of aryl methyl sites for hydroxylation is 1. The Bertz CT molecular complexity index is 1160. The summed E-state index contributed by atoms with van der Waals surface area (Å²) in [6, 6.07) is 18.8. The minimum atomic E-state index is -0.913. The smallest absolute Gasteiger partial charge is 0.247 e. The summed E-state index contributed by atoms with van der Waals surface area (Å²) in [6.45, 7) is 2.78. The van der Waals surface area contributed by atoms with Crippen molar-refractivity contribution in [3.05, 3.63) is 78.1 Å². The third-order valence-corrected chi connectivity index (χ3v) is 5.91. The number of aromatic nitrogens is 1. The number of anilines is 2. The summed E-state index contributed by atoms with van der Waals surface area (Å²) < 4.78 is 10.6. The monoisotopic (exact) mass is 490 g/mol. The summed E-state index contributed by atoms with van der Waals surface area (Å²) in [5.74, 6) is -0.175. The zero-order valence-electron chi connectivity index (χ0n) is 20.2. The van der Waals surface area contributed by atoms with Gasteiger partial charge < -0.3 is 19.9 Å². The maximum absolute atomic E-state index is 13.6. The number of para-hydroxylation sites is 1. The second-order valence-electron chi connectivity index (χ2n) is 8.66. The first kappa shape index (κ1) is 25.1. The van der Waals surface area contributed by atoms with Crippen LogP contribution < -0.4 is 15.5 Å². The molecule has 1 saturated heterocycles. The van der Waals surface area contributed by atoms with E-state index in [1.807, 2.05) is 48.5 Å². The first-order valence-electron chi connectivity index (χ1n) is 12.1. The van der Waals surface area contributed by atoms with Crippen LogP contribution in [0.25, 0.3) is 0 Å². The second-order valence-corrected chi connectivity index (χ2v) is 8.66. The van der Waals surface area contributed by atoms with E-state index in [-0.39, 0.29) is 36.7 Å². The van der Waals surface area contributed by atoms with Crippen LogP contribution in [0.15, 0.2) is 71.3 Å². The van der Waals surface area contributed by atoms with Crippen LogP contribution in [-0.4, -0.2) is 42.1 Å². The van der Waals surface area contributed by atoms with Crippen molar-refractivity contribution in [3.63, 3.8) is 0 Å². The minimum absolute atomic E-state index is 0.0323. The van der Waals surface area contributed by atoms with Crippen LogP contribution in [0, 0.1) is 6.92 Å². The van der Waals surface area contributed by atoms with Crippen molar-refractivity contribution < 1.29 is 23.6 Å². The van der Waals surface area contributed by atoms with E-state index in [4.69, 9.17) is 9.26 Å². The molecule has 1 fully saturated rings. The van der Waals surface area contributed by atoms with Gasteiger partial charge in [-0.2, -0.15) is 0 Å². The fourth-order valence-corrected chi connectivity index (χ4v) is 4.17. The first-order valence-corrected chi connectivity index (χ1v) is 12.1. The van der Waals surface area contributed by atoms with Gasteiger partial charge in [0.05, 0.1) is 6.10 Å². The third-order valence-electron chi connectivity index (χ3n) is 5.91. The van der Waals surface area contributed by atoms with Crippen LogP contribution in [0.2, 0.25) is 0 Å². The molecule has 36 heavy (non-hydrogen) atoms. The van der Waals surface area contributed by atoms with Crippen molar-refractivity contribution in [3.8, 4) is 0 Å². The summed E-state index contributed by atoms with van der Waals surface area (Å²) in [6.07, 6.45) is 1.65. The number of amides is 3. The largest absolute Gasteiger partial charge is 0.376 e. The number of carbonyl (C=O) groups is 3. The highest BCUT2D eigenvalue weighted by Gasteiger charge is 2.33. The number of rotatable bonds is 10. The van der Waals surface area contributed by atoms with Gasteiger partial charge in [0, 0.05) is 37.7 Å². The molecule has 9 heteroatoms. The predicted molar refractivity (Wildman–Crippen MR) is 134 cm³/mol. The summed E-state index contributed by atoms with van der Waals surface area (Å²) >= 11 is 0. The van der Waals surface area contributed by atoms with Crippen molar-refractivity contribution in [2.24, 2.45) is 0 Å². The van der Waals surface area contributed by atoms with Gasteiger partial charge in [-0.05, 0) is 37.5 Å². The van der Waals surface area contributed by atoms with Crippen molar-refractivity contribution >= 4 is 29.2 Å². The van der Waals surface area contributed by atoms with Gasteiger partial charge in [0.25, 0.3) is 0 Å². The Morgan fingerprint density at radius 2 is 1.78 bits per heavy atom. The number of hydrogen-bond donors (Lipinski definition) is 2. The van der Waals surface area contributed by atoms with E-state index in [9.17, 15) is 14.4 Å². The van der Waals surface area contributed by atoms with E-state index in [0.717, 1.165) is 12.8 Å². The lowest BCUT2D eigenvalue weighted by atomic mass is 10.0. The molecule has 1 aliphatic rings. The van der Waals surface area contributed by atoms with E-state index in [1.165, 1.54) is 4.90 Å². The lowest BCUT2D eigenvalue weighted by molar-refractivity contribution is -0.127. The SMILES string of the molecule is Cc1cc(NC(=O)CCC(=O)N(c2ccccc2)C(C(=O)NCC2CCCO2)c2ccccc2)no1. The fourth-order valence-electron chi connectivity index (χ4n) is 4.17. The highest BCUT2D eigenvalue weighted by Crippen LogP contribution is 2.29. The van der Waals surface area contributed by atoms with Gasteiger partial charge in [0.1, 0.15) is 11.8 Å². The van der Waals surface area contributed by atoms with Crippen molar-refractivity contribution in [2.75, 3.05) is 23.4 Å². The Kier molecular flexibility index (Phi) is 8.46. The quantitative estimate of drug-likeness (QED) is 0.447. The van der Waals surface area contributed by atoms with Crippen LogP contribution >= 0.6 is 0 Å². The molecule has 3 amide bonds. The van der Waals surface area contributed by atoms with Gasteiger partial charge in [0.2, 0.25) is 17.7 Å². The Labute approximate surface area is 209 Å². The number of ether oxygens (including phenoxy) is 1.